The van der Waals surface area contributed by atoms with Crippen LogP contribution in [0.3, 0.4) is 0 Å². The first-order chi connectivity index (χ1) is 9.44. The molecule has 11 heteroatoms. The van der Waals surface area contributed by atoms with Crippen molar-refractivity contribution in [2.24, 2.45) is 0 Å². The maximum absolute atomic E-state index is 10.7. The van der Waals surface area contributed by atoms with E-state index in [9.17, 15) is 13.2 Å². The van der Waals surface area contributed by atoms with E-state index in [-0.39, 0.29) is 0 Å². The van der Waals surface area contributed by atoms with Crippen LogP contribution in [0.2, 0.25) is 0 Å². The van der Waals surface area contributed by atoms with Gasteiger partial charge in [0, 0.05) is 31.9 Å². The second-order valence-corrected chi connectivity index (χ2v) is 5.12. The van der Waals surface area contributed by atoms with Crippen LogP contribution < -0.4 is 9.64 Å². The minimum Gasteiger partial charge on any atom is -0.741 e. The molecule has 0 aliphatic rings. The van der Waals surface area contributed by atoms with E-state index in [0.29, 0.717) is 11.4 Å². The summed E-state index contributed by atoms with van der Waals surface area (Å²) in [5.74, 6) is 0.564. The molecule has 7 nitrogen and oxygen atoms in total. The fourth-order valence-electron chi connectivity index (χ4n) is 1.03. The van der Waals surface area contributed by atoms with Crippen molar-refractivity contribution in [3.8, 4) is 5.75 Å². The molecule has 0 aliphatic carbocycles. The highest BCUT2D eigenvalue weighted by molar-refractivity contribution is 7.86. The van der Waals surface area contributed by atoms with Crippen molar-refractivity contribution in [1.82, 2.24) is 0 Å². The van der Waals surface area contributed by atoms with Gasteiger partial charge in [-0.25, -0.2) is 8.42 Å². The average molecular weight is 327 g/mol. The Morgan fingerprint density at radius 3 is 2.10 bits per heavy atom. The minimum absolute atomic E-state index is 0.438. The molecular formula is C10H12F3N3O4S. The lowest BCUT2D eigenvalue weighted by molar-refractivity contribution is -0.0517. The van der Waals surface area contributed by atoms with Crippen LogP contribution in [-0.4, -0.2) is 39.7 Å². The summed E-state index contributed by atoms with van der Waals surface area (Å²) < 4.78 is 63.9. The first-order valence-corrected chi connectivity index (χ1v) is 6.57. The van der Waals surface area contributed by atoms with Crippen molar-refractivity contribution in [3.05, 3.63) is 23.2 Å². The molecule has 0 radical (unpaired) electrons. The lowest BCUT2D eigenvalue weighted by Gasteiger charge is -2.11. The van der Waals surface area contributed by atoms with Crippen molar-refractivity contribution in [2.75, 3.05) is 26.1 Å². The zero-order valence-corrected chi connectivity index (χ0v) is 12.1. The molecule has 0 saturated heterocycles. The lowest BCUT2D eigenvalue weighted by Crippen LogP contribution is -2.21. The fraction of sp³-hybridized carbons (Fsp3) is 0.400. The maximum Gasteiger partial charge on any atom is 0.485 e. The number of rotatable bonds is 2. The van der Waals surface area contributed by atoms with Gasteiger partial charge in [0.1, 0.15) is 0 Å². The van der Waals surface area contributed by atoms with Crippen LogP contribution in [0.25, 0.3) is 4.98 Å². The quantitative estimate of drug-likeness (QED) is 0.469. The van der Waals surface area contributed by atoms with Gasteiger partial charge >= 0.3 is 11.2 Å². The Kier molecular flexibility index (Phi) is 6.40. The second-order valence-electron chi connectivity index (χ2n) is 3.75. The van der Waals surface area contributed by atoms with Gasteiger partial charge in [0.2, 0.25) is 11.1 Å². The Balaban J connectivity index is 0.000000433. The number of nitrogens with zero attached hydrogens (tertiary/aromatic N) is 3. The van der Waals surface area contributed by atoms with Crippen LogP contribution in [0.5, 0.6) is 5.75 Å². The highest BCUT2D eigenvalue weighted by Gasteiger charge is 2.36. The van der Waals surface area contributed by atoms with Gasteiger partial charge in [-0.05, 0) is 6.07 Å². The third-order valence-corrected chi connectivity index (χ3v) is 2.64. The van der Waals surface area contributed by atoms with Crippen LogP contribution in [0.15, 0.2) is 18.2 Å². The van der Waals surface area contributed by atoms with E-state index in [1.54, 1.807) is 13.2 Å². The number of ether oxygens (including phenoxy) is 1. The standard InChI is InChI=1S/C9H12N3O.CHF3O3S/c1-12(2)7-4-5-8(11-10)9(6-7)13-3;2-1(3,4)8(5,6)7/h4-6H,1-3H3;(H,5,6,7)/q+1;/p-1. The van der Waals surface area contributed by atoms with Gasteiger partial charge in [-0.3, -0.25) is 0 Å². The topological polar surface area (TPSA) is 97.8 Å². The number of alkyl halides is 3. The number of benzene rings is 1. The number of hydrogen-bond acceptors (Lipinski definition) is 6. The summed E-state index contributed by atoms with van der Waals surface area (Å²) in [4.78, 5) is 5.05. The zero-order valence-electron chi connectivity index (χ0n) is 11.2. The molecule has 0 heterocycles. The molecular weight excluding hydrogens is 315 g/mol. The predicted octanol–water partition coefficient (Wildman–Crippen LogP) is 2.30. The molecule has 0 spiro atoms. The van der Waals surface area contributed by atoms with Gasteiger partial charge in [-0.15, -0.1) is 0 Å². The van der Waals surface area contributed by atoms with Gasteiger partial charge < -0.3 is 14.2 Å². The zero-order chi connectivity index (χ0) is 16.8. The smallest absolute Gasteiger partial charge is 0.485 e. The van der Waals surface area contributed by atoms with Crippen molar-refractivity contribution in [3.63, 3.8) is 0 Å². The molecule has 0 aromatic heterocycles. The Morgan fingerprint density at radius 2 is 1.81 bits per heavy atom. The molecule has 1 aromatic rings. The molecule has 0 amide bonds. The summed E-state index contributed by atoms with van der Waals surface area (Å²) in [6, 6.07) is 5.38. The van der Waals surface area contributed by atoms with E-state index >= 15 is 0 Å². The molecule has 0 aliphatic heterocycles. The van der Waals surface area contributed by atoms with Gasteiger partial charge in [0.15, 0.2) is 15.1 Å². The number of methoxy groups -OCH3 is 1. The van der Waals surface area contributed by atoms with Crippen LogP contribution in [0, 0.1) is 5.39 Å². The summed E-state index contributed by atoms with van der Waals surface area (Å²) in [6.45, 7) is 0. The molecule has 0 atom stereocenters. The Labute approximate surface area is 119 Å². The van der Waals surface area contributed by atoms with E-state index in [4.69, 9.17) is 23.1 Å². The number of hydrogen-bond donors (Lipinski definition) is 0. The van der Waals surface area contributed by atoms with E-state index < -0.39 is 15.6 Å². The van der Waals surface area contributed by atoms with E-state index in [2.05, 4.69) is 4.98 Å². The van der Waals surface area contributed by atoms with Crippen molar-refractivity contribution in [2.45, 2.75) is 5.51 Å². The van der Waals surface area contributed by atoms with Crippen molar-refractivity contribution in [1.29, 1.82) is 5.39 Å². The van der Waals surface area contributed by atoms with Crippen LogP contribution in [0.1, 0.15) is 0 Å². The van der Waals surface area contributed by atoms with Gasteiger partial charge in [-0.2, -0.15) is 13.2 Å². The third-order valence-electron chi connectivity index (χ3n) is 2.07. The SMILES string of the molecule is COc1cc(N(C)C)ccc1[N+]#N.O=S(=O)([O-])C(F)(F)F. The van der Waals surface area contributed by atoms with Crippen LogP contribution in [0.4, 0.5) is 24.5 Å². The Bertz CT molecular complexity index is 623. The minimum atomic E-state index is -6.09. The largest absolute Gasteiger partial charge is 0.741 e. The molecule has 0 N–H and O–H groups in total. The van der Waals surface area contributed by atoms with Gasteiger partial charge in [0.05, 0.1) is 7.11 Å². The monoisotopic (exact) mass is 327 g/mol. The van der Waals surface area contributed by atoms with E-state index in [1.807, 2.05) is 31.1 Å². The first-order valence-electron chi connectivity index (χ1n) is 5.16. The summed E-state index contributed by atoms with van der Waals surface area (Å²) in [5.41, 5.74) is -4.20. The molecule has 1 aromatic carbocycles. The maximum atomic E-state index is 10.7. The van der Waals surface area contributed by atoms with E-state index in [1.165, 1.54) is 0 Å². The predicted molar refractivity (Wildman–Crippen MR) is 67.8 cm³/mol. The fourth-order valence-corrected chi connectivity index (χ4v) is 1.03. The molecule has 21 heavy (non-hydrogen) atoms. The number of anilines is 1. The van der Waals surface area contributed by atoms with Crippen molar-refractivity contribution < 1.29 is 30.9 Å². The molecule has 0 unspecified atom stereocenters. The third kappa shape index (κ3) is 5.84. The Hall–Kier alpha value is -2.06. The molecule has 1 rings (SSSR count). The molecule has 0 bridgehead atoms. The van der Waals surface area contributed by atoms with Crippen LogP contribution >= 0.6 is 0 Å². The average Bonchev–Trinajstić information content (AvgIpc) is 2.36. The lowest BCUT2D eigenvalue weighted by atomic mass is 10.2. The number of halogens is 3. The van der Waals surface area contributed by atoms with E-state index in [0.717, 1.165) is 5.69 Å². The molecule has 0 fully saturated rings. The summed E-state index contributed by atoms with van der Waals surface area (Å²) in [6.07, 6.45) is 0. The second kappa shape index (κ2) is 7.09. The Morgan fingerprint density at radius 1 is 1.33 bits per heavy atom. The summed E-state index contributed by atoms with van der Waals surface area (Å²) in [7, 11) is -0.675. The normalized spacial score (nSPS) is 11.0. The van der Waals surface area contributed by atoms with Crippen LogP contribution in [-0.2, 0) is 10.1 Å². The molecule has 0 saturated carbocycles. The highest BCUT2D eigenvalue weighted by atomic mass is 32.2. The highest BCUT2D eigenvalue weighted by Crippen LogP contribution is 2.31. The summed E-state index contributed by atoms with van der Waals surface area (Å²) in [5, 5.41) is 8.61. The van der Waals surface area contributed by atoms with Gasteiger partial charge in [-0.1, -0.05) is 0 Å². The van der Waals surface area contributed by atoms with Crippen molar-refractivity contribution >= 4 is 21.5 Å². The molecule has 118 valence electrons. The van der Waals surface area contributed by atoms with Gasteiger partial charge in [0.25, 0.3) is 0 Å². The summed E-state index contributed by atoms with van der Waals surface area (Å²) >= 11 is 0. The first kappa shape index (κ1) is 18.9. The number of diazo groups is 1.